The number of rotatable bonds is 24. The summed E-state index contributed by atoms with van der Waals surface area (Å²) in [7, 11) is 12.2. The number of ether oxygens (including phenoxy) is 6. The number of fused-ring (bicyclic) bond motifs is 3. The van der Waals surface area contributed by atoms with Crippen molar-refractivity contribution < 1.29 is 115 Å². The van der Waals surface area contributed by atoms with Crippen LogP contribution >= 0.6 is 0 Å². The highest BCUT2D eigenvalue weighted by Crippen LogP contribution is 2.46. The number of aromatic nitrogens is 6. The first-order chi connectivity index (χ1) is 59.8. The minimum absolute atomic E-state index is 0.00101. The lowest BCUT2D eigenvalue weighted by molar-refractivity contribution is -0.140. The van der Waals surface area contributed by atoms with E-state index in [0.29, 0.717) is 73.6 Å². The maximum atomic E-state index is 15.2. The third-order valence-corrected chi connectivity index (χ3v) is 21.2. The molecule has 42 heteroatoms. The van der Waals surface area contributed by atoms with E-state index in [9.17, 15) is 77.8 Å². The van der Waals surface area contributed by atoms with Gasteiger partial charge in [0.1, 0.15) is 68.6 Å². The smallest absolute Gasteiger partial charge is 0.423 e. The first kappa shape index (κ1) is 90.3. The van der Waals surface area contributed by atoms with Crippen molar-refractivity contribution in [2.24, 2.45) is 0 Å². The Hall–Kier alpha value is -13.4. The average Bonchev–Trinajstić information content (AvgIpc) is 1.59. The van der Waals surface area contributed by atoms with E-state index in [4.69, 9.17) is 28.4 Å². The van der Waals surface area contributed by atoms with Crippen molar-refractivity contribution in [3.63, 3.8) is 0 Å². The van der Waals surface area contributed by atoms with Crippen molar-refractivity contribution in [2.45, 2.75) is 114 Å². The van der Waals surface area contributed by atoms with Gasteiger partial charge in [0.05, 0.1) is 77.9 Å². The summed E-state index contributed by atoms with van der Waals surface area (Å²) in [6, 6.07) is 20.6. The number of likely N-dealkylation sites (N-methyl/N-ethyl adjacent to an activating group) is 1. The number of halogens is 12. The van der Waals surface area contributed by atoms with Crippen molar-refractivity contribution >= 4 is 70.4 Å². The van der Waals surface area contributed by atoms with E-state index in [2.05, 4.69) is 66.7 Å². The molecule has 9 aromatic rings. The van der Waals surface area contributed by atoms with E-state index in [1.165, 1.54) is 73.1 Å². The second kappa shape index (κ2) is 37.6. The molecule has 0 spiro atoms. The molecular weight excluding hydrogens is 1680 g/mol. The molecule has 0 radical (unpaired) electrons. The molecule has 3 aromatic heterocycles. The number of nitrogens with one attached hydrogen (secondary N) is 6. The molecule has 4 aliphatic heterocycles. The molecule has 6 aliphatic rings. The fourth-order valence-corrected chi connectivity index (χ4v) is 14.5. The topological polar surface area (TPSA) is 344 Å². The van der Waals surface area contributed by atoms with Crippen molar-refractivity contribution in [3.05, 3.63) is 194 Å². The van der Waals surface area contributed by atoms with E-state index >= 15 is 8.78 Å². The Kier molecular flexibility index (Phi) is 27.0. The summed E-state index contributed by atoms with van der Waals surface area (Å²) in [5, 5.41) is 25.8. The average molecular weight is 1770 g/mol. The SMILES string of the molecule is COc1cc(C(=O)NC2CCC(O)CC2)c(F)cc1Nc1ncc(C(F)(F)F)c(Oc2cccc3c2C(=O)N(C)C3)n1.COc1cc(C(=O)NC2CCN(C3CC3)CC2)c(F)cc1Nc1ncc(C(F)(F)F)c(Oc2cccc3c2C(=O)N(C)C3)n1.COc1cc(C(=O)NCCN(C)C)c(F)cc1Nc1ncc(C(F)(F)F)c(Oc2cccc3c2C(=O)N(C)C3)n1. The summed E-state index contributed by atoms with van der Waals surface area (Å²) in [5.41, 5.74) is -2.60. The molecular formula is C84H83F12N17O13. The number of aliphatic hydroxyl groups excluding tert-OH is 1. The predicted molar refractivity (Wildman–Crippen MR) is 428 cm³/mol. The van der Waals surface area contributed by atoms with Gasteiger partial charge in [-0.1, -0.05) is 36.4 Å². The maximum absolute atomic E-state index is 15.2. The summed E-state index contributed by atoms with van der Waals surface area (Å²) < 4.78 is 202. The molecule has 0 atom stereocenters. The second-order valence-corrected chi connectivity index (χ2v) is 30.4. The number of alkyl halides is 9. The van der Waals surface area contributed by atoms with E-state index < -0.39 is 112 Å². The fraction of sp³-hybridized carbons (Fsp3) is 0.357. The predicted octanol–water partition coefficient (Wildman–Crippen LogP) is 14.0. The van der Waals surface area contributed by atoms with Crippen LogP contribution in [0.5, 0.6) is 52.1 Å². The highest BCUT2D eigenvalue weighted by molar-refractivity contribution is 6.03. The van der Waals surface area contributed by atoms with Crippen LogP contribution in [-0.4, -0.2) is 202 Å². The fourth-order valence-electron chi connectivity index (χ4n) is 14.5. The number of carbonyl (C=O) groups is 6. The van der Waals surface area contributed by atoms with Gasteiger partial charge in [-0.25, -0.2) is 28.1 Å². The van der Waals surface area contributed by atoms with Gasteiger partial charge in [-0.15, -0.1) is 0 Å². The monoisotopic (exact) mass is 1770 g/mol. The Morgan fingerprint density at radius 1 is 0.460 bits per heavy atom. The Bertz CT molecular complexity index is 5650. The van der Waals surface area contributed by atoms with Gasteiger partial charge in [0.25, 0.3) is 35.4 Å². The summed E-state index contributed by atoms with van der Waals surface area (Å²) in [5.74, 6) is -9.79. The summed E-state index contributed by atoms with van der Waals surface area (Å²) >= 11 is 0. The molecule has 666 valence electrons. The van der Waals surface area contributed by atoms with Crippen molar-refractivity contribution in [2.75, 3.05) is 98.7 Å². The van der Waals surface area contributed by atoms with Crippen LogP contribution in [-0.2, 0) is 38.2 Å². The van der Waals surface area contributed by atoms with Crippen LogP contribution in [0.25, 0.3) is 0 Å². The number of aliphatic hydroxyl groups is 1. The quantitative estimate of drug-likeness (QED) is 0.0276. The van der Waals surface area contributed by atoms with E-state index in [0.717, 1.165) is 56.3 Å². The van der Waals surface area contributed by atoms with Gasteiger partial charge < -0.3 is 89.9 Å². The molecule has 2 aliphatic carbocycles. The molecule has 6 aromatic carbocycles. The number of nitrogens with zero attached hydrogens (tertiary/aromatic N) is 11. The first-order valence-corrected chi connectivity index (χ1v) is 39.2. The standard InChI is InChI=1S/C30H30F4N6O4.C28H27F4N5O5.C26H26F4N6O4/c1-39-15-16-4-3-5-23(25(16)28(39)42)44-27-20(30(32,33)34)14-35-29(38-27)37-22-13-21(31)19(12-24(22)43-2)26(41)36-17-8-10-40(11-9-17)18-6-7-18;1-37-13-14-4-3-5-21(23(14)26(37)40)42-25-18(28(30,31)32)12-33-27(36-25)35-20-11-19(29)17(10-22(20)41-2)24(39)34-15-6-8-16(38)9-7-15;1-35(2)9-8-31-22(37)15-10-20(39-4)18(11-17(15)27)33-25-32-12-16(26(28,29)30)23(34-25)40-19-7-5-6-14-13-36(3)24(38)21(14)19/h3-5,12-14,17-18H,6-11,15H2,1-2H3,(H,36,41)(H,35,37,38);3-5,10-12,15-16,38H,6-9,13H2,1-2H3,(H,34,39)(H,33,35,36);5-7,10-12H,8-9,13H2,1-4H3,(H,31,37)(H,32,33,34). The van der Waals surface area contributed by atoms with Crippen LogP contribution in [0, 0.1) is 17.5 Å². The molecule has 30 nitrogen and oxygen atoms in total. The molecule has 3 fully saturated rings. The van der Waals surface area contributed by atoms with Crippen LogP contribution < -0.4 is 60.3 Å². The highest BCUT2D eigenvalue weighted by atomic mass is 19.4. The largest absolute Gasteiger partial charge is 0.495 e. The number of anilines is 6. The third kappa shape index (κ3) is 20.8. The molecule has 7 heterocycles. The van der Waals surface area contributed by atoms with Crippen LogP contribution in [0.1, 0.15) is 147 Å². The minimum Gasteiger partial charge on any atom is -0.495 e. The second-order valence-electron chi connectivity index (χ2n) is 30.4. The van der Waals surface area contributed by atoms with E-state index in [-0.39, 0.29) is 141 Å². The van der Waals surface area contributed by atoms with Gasteiger partial charge in [0.2, 0.25) is 35.5 Å². The molecule has 2 saturated carbocycles. The number of hydrogen-bond donors (Lipinski definition) is 7. The molecule has 0 bridgehead atoms. The van der Waals surface area contributed by atoms with Crippen molar-refractivity contribution in [1.29, 1.82) is 0 Å². The Morgan fingerprint density at radius 2 is 0.786 bits per heavy atom. The van der Waals surface area contributed by atoms with Gasteiger partial charge in [0, 0.05) is 122 Å². The van der Waals surface area contributed by atoms with Gasteiger partial charge in [-0.3, -0.25) is 28.8 Å². The molecule has 15 rings (SSSR count). The number of amides is 6. The van der Waals surface area contributed by atoms with Gasteiger partial charge in [-0.2, -0.15) is 54.5 Å². The zero-order valence-electron chi connectivity index (χ0n) is 68.6. The van der Waals surface area contributed by atoms with Crippen LogP contribution in [0.2, 0.25) is 0 Å². The zero-order chi connectivity index (χ0) is 90.5. The van der Waals surface area contributed by atoms with E-state index in [1.807, 2.05) is 19.0 Å². The van der Waals surface area contributed by atoms with E-state index in [1.54, 1.807) is 57.5 Å². The summed E-state index contributed by atoms with van der Waals surface area (Å²) in [6.07, 6.45) is -7.39. The molecule has 0 unspecified atom stereocenters. The van der Waals surface area contributed by atoms with Crippen molar-refractivity contribution in [1.82, 2.24) is 70.4 Å². The van der Waals surface area contributed by atoms with Crippen molar-refractivity contribution in [3.8, 4) is 52.1 Å². The number of benzene rings is 6. The third-order valence-electron chi connectivity index (χ3n) is 21.2. The molecule has 7 N–H and O–H groups in total. The number of methoxy groups -OCH3 is 3. The zero-order valence-corrected chi connectivity index (χ0v) is 68.6. The summed E-state index contributed by atoms with van der Waals surface area (Å²) in [4.78, 5) is 107. The maximum Gasteiger partial charge on any atom is 0.423 e. The number of hydrogen-bond acceptors (Lipinski definition) is 24. The normalized spacial score (nSPS) is 16.3. The van der Waals surface area contributed by atoms with Crippen LogP contribution in [0.3, 0.4) is 0 Å². The van der Waals surface area contributed by atoms with Gasteiger partial charge >= 0.3 is 18.5 Å². The lowest BCUT2D eigenvalue weighted by Gasteiger charge is -2.32. The molecule has 126 heavy (non-hydrogen) atoms. The molecule has 6 amide bonds. The lowest BCUT2D eigenvalue weighted by Crippen LogP contribution is -2.45. The first-order valence-electron chi connectivity index (χ1n) is 39.2. The Balaban J connectivity index is 0.000000162. The molecule has 1 saturated heterocycles. The minimum atomic E-state index is -4.89. The number of piperidine rings is 1. The van der Waals surface area contributed by atoms with Crippen LogP contribution in [0.15, 0.2) is 110 Å². The highest BCUT2D eigenvalue weighted by Gasteiger charge is 2.43. The van der Waals surface area contributed by atoms with Crippen LogP contribution in [0.4, 0.5) is 87.6 Å². The lowest BCUT2D eigenvalue weighted by atomic mass is 9.93. The summed E-state index contributed by atoms with van der Waals surface area (Å²) in [6.45, 7) is 3.42. The Labute approximate surface area is 711 Å². The number of likely N-dealkylation sites (tertiary alicyclic amines) is 1. The van der Waals surface area contributed by atoms with Gasteiger partial charge in [0.15, 0.2) is 0 Å². The Morgan fingerprint density at radius 3 is 1.10 bits per heavy atom. The van der Waals surface area contributed by atoms with Gasteiger partial charge in [-0.05, 0) is 119 Å². The number of carbonyl (C=O) groups excluding carboxylic acids is 6.